The first-order valence-corrected chi connectivity index (χ1v) is 3.53. The molecule has 0 amide bonds. The van der Waals surface area contributed by atoms with Crippen LogP contribution in [0.15, 0.2) is 12.3 Å². The summed E-state index contributed by atoms with van der Waals surface area (Å²) in [5.41, 5.74) is 3.89. The Morgan fingerprint density at radius 2 is 2.10 bits per heavy atom. The molecule has 0 aromatic carbocycles. The fourth-order valence-corrected chi connectivity index (χ4v) is 0.955. The first-order chi connectivity index (χ1) is 4.75. The normalized spacial score (nSPS) is 11.1. The van der Waals surface area contributed by atoms with Crippen molar-refractivity contribution in [1.29, 1.82) is 0 Å². The molecule has 0 saturated heterocycles. The predicted octanol–water partition coefficient (Wildman–Crippen LogP) is 2.66. The van der Waals surface area contributed by atoms with Crippen molar-refractivity contribution in [2.24, 2.45) is 0 Å². The van der Waals surface area contributed by atoms with Gasteiger partial charge in [-0.05, 0) is 38.0 Å². The van der Waals surface area contributed by atoms with Crippen LogP contribution in [-0.4, -0.2) is 4.98 Å². The van der Waals surface area contributed by atoms with E-state index in [1.807, 2.05) is 19.2 Å². The Morgan fingerprint density at radius 3 is 2.50 bits per heavy atom. The lowest BCUT2D eigenvalue weighted by atomic mass is 10.2. The second-order valence-corrected chi connectivity index (χ2v) is 2.51. The number of aromatic amines is 1. The maximum absolute atomic E-state index is 3.19. The third kappa shape index (κ3) is 1.13. The van der Waals surface area contributed by atoms with Gasteiger partial charge in [-0.2, -0.15) is 0 Å². The molecule has 1 heteroatoms. The maximum atomic E-state index is 3.19. The van der Waals surface area contributed by atoms with Crippen molar-refractivity contribution in [3.63, 3.8) is 0 Å². The van der Waals surface area contributed by atoms with Gasteiger partial charge in [-0.1, -0.05) is 6.08 Å². The molecule has 10 heavy (non-hydrogen) atoms. The Labute approximate surface area is 61.8 Å². The van der Waals surface area contributed by atoms with Gasteiger partial charge in [0.05, 0.1) is 0 Å². The number of aryl methyl sites for hydroxylation is 1. The molecule has 1 heterocycles. The number of H-pyrrole nitrogens is 1. The molecular formula is C9H13N. The van der Waals surface area contributed by atoms with Crippen molar-refractivity contribution in [2.45, 2.75) is 20.8 Å². The van der Waals surface area contributed by atoms with E-state index >= 15 is 0 Å². The molecule has 0 saturated carbocycles. The smallest absolute Gasteiger partial charge is 0.0409 e. The van der Waals surface area contributed by atoms with E-state index in [1.165, 1.54) is 16.8 Å². The zero-order valence-electron chi connectivity index (χ0n) is 6.73. The monoisotopic (exact) mass is 135 g/mol. The minimum Gasteiger partial charge on any atom is -0.361 e. The summed E-state index contributed by atoms with van der Waals surface area (Å²) in [4.78, 5) is 3.19. The van der Waals surface area contributed by atoms with Crippen LogP contribution in [-0.2, 0) is 0 Å². The SMILES string of the molecule is CC=Cc1[nH]cc(C)c1C. The molecule has 0 radical (unpaired) electrons. The summed E-state index contributed by atoms with van der Waals surface area (Å²) in [5, 5.41) is 0. The highest BCUT2D eigenvalue weighted by atomic mass is 14.7. The van der Waals surface area contributed by atoms with Crippen LogP contribution in [0.2, 0.25) is 0 Å². The lowest BCUT2D eigenvalue weighted by Gasteiger charge is -1.89. The van der Waals surface area contributed by atoms with E-state index in [4.69, 9.17) is 0 Å². The van der Waals surface area contributed by atoms with Crippen LogP contribution in [0.5, 0.6) is 0 Å². The van der Waals surface area contributed by atoms with Crippen LogP contribution in [0.1, 0.15) is 23.7 Å². The van der Waals surface area contributed by atoms with Crippen molar-refractivity contribution >= 4 is 6.08 Å². The summed E-state index contributed by atoms with van der Waals surface area (Å²) in [5.74, 6) is 0. The third-order valence-corrected chi connectivity index (χ3v) is 1.77. The van der Waals surface area contributed by atoms with Crippen LogP contribution >= 0.6 is 0 Å². The topological polar surface area (TPSA) is 15.8 Å². The summed E-state index contributed by atoms with van der Waals surface area (Å²) in [6, 6.07) is 0. The Balaban J connectivity index is 3.05. The van der Waals surface area contributed by atoms with Gasteiger partial charge >= 0.3 is 0 Å². The zero-order chi connectivity index (χ0) is 7.56. The Hall–Kier alpha value is -0.980. The fourth-order valence-electron chi connectivity index (χ4n) is 0.955. The van der Waals surface area contributed by atoms with Gasteiger partial charge in [-0.3, -0.25) is 0 Å². The van der Waals surface area contributed by atoms with Gasteiger partial charge in [0.2, 0.25) is 0 Å². The Kier molecular flexibility index (Phi) is 1.95. The molecule has 54 valence electrons. The number of hydrogen-bond acceptors (Lipinski definition) is 0. The van der Waals surface area contributed by atoms with Gasteiger partial charge in [-0.15, -0.1) is 0 Å². The van der Waals surface area contributed by atoms with Gasteiger partial charge in [-0.25, -0.2) is 0 Å². The standard InChI is InChI=1S/C9H13N/c1-4-5-9-8(3)7(2)6-10-9/h4-6,10H,1-3H3. The highest BCUT2D eigenvalue weighted by molar-refractivity contribution is 5.51. The number of allylic oxidation sites excluding steroid dienone is 1. The van der Waals surface area contributed by atoms with Gasteiger partial charge in [0, 0.05) is 11.9 Å². The summed E-state index contributed by atoms with van der Waals surface area (Å²) < 4.78 is 0. The Morgan fingerprint density at radius 1 is 1.40 bits per heavy atom. The average molecular weight is 135 g/mol. The molecule has 0 aliphatic rings. The largest absolute Gasteiger partial charge is 0.361 e. The molecule has 0 aliphatic heterocycles. The van der Waals surface area contributed by atoms with Crippen molar-refractivity contribution in [3.05, 3.63) is 29.1 Å². The lowest BCUT2D eigenvalue weighted by Crippen LogP contribution is -1.74. The number of rotatable bonds is 1. The summed E-state index contributed by atoms with van der Waals surface area (Å²) in [7, 11) is 0. The van der Waals surface area contributed by atoms with E-state index in [2.05, 4.69) is 24.9 Å². The van der Waals surface area contributed by atoms with Crippen molar-refractivity contribution in [1.82, 2.24) is 4.98 Å². The average Bonchev–Trinajstić information content (AvgIpc) is 2.20. The minimum absolute atomic E-state index is 1.22. The van der Waals surface area contributed by atoms with E-state index in [9.17, 15) is 0 Å². The quantitative estimate of drug-likeness (QED) is 0.609. The number of hydrogen-bond donors (Lipinski definition) is 1. The molecule has 0 fully saturated rings. The summed E-state index contributed by atoms with van der Waals surface area (Å²) in [6.07, 6.45) is 6.16. The van der Waals surface area contributed by atoms with E-state index in [0.717, 1.165) is 0 Å². The number of aromatic nitrogens is 1. The summed E-state index contributed by atoms with van der Waals surface area (Å²) in [6.45, 7) is 6.26. The molecule has 0 spiro atoms. The molecule has 0 atom stereocenters. The third-order valence-electron chi connectivity index (χ3n) is 1.77. The van der Waals surface area contributed by atoms with Crippen molar-refractivity contribution < 1.29 is 0 Å². The van der Waals surface area contributed by atoms with Crippen LogP contribution in [0.4, 0.5) is 0 Å². The van der Waals surface area contributed by atoms with Crippen LogP contribution < -0.4 is 0 Å². The van der Waals surface area contributed by atoms with E-state index < -0.39 is 0 Å². The van der Waals surface area contributed by atoms with Crippen LogP contribution in [0, 0.1) is 13.8 Å². The summed E-state index contributed by atoms with van der Waals surface area (Å²) >= 11 is 0. The van der Waals surface area contributed by atoms with Crippen LogP contribution in [0.25, 0.3) is 6.08 Å². The highest BCUT2D eigenvalue weighted by Gasteiger charge is 1.97. The highest BCUT2D eigenvalue weighted by Crippen LogP contribution is 2.12. The molecule has 0 unspecified atom stereocenters. The minimum atomic E-state index is 1.22. The molecule has 0 bridgehead atoms. The molecule has 1 aromatic heterocycles. The van der Waals surface area contributed by atoms with Crippen molar-refractivity contribution in [3.8, 4) is 0 Å². The first kappa shape index (κ1) is 7.13. The molecule has 1 rings (SSSR count). The van der Waals surface area contributed by atoms with Crippen LogP contribution in [0.3, 0.4) is 0 Å². The molecule has 1 aromatic rings. The predicted molar refractivity (Wildman–Crippen MR) is 45.0 cm³/mol. The lowest BCUT2D eigenvalue weighted by molar-refractivity contribution is 1.34. The molecule has 0 aliphatic carbocycles. The second kappa shape index (κ2) is 2.74. The van der Waals surface area contributed by atoms with Gasteiger partial charge in [0.1, 0.15) is 0 Å². The zero-order valence-corrected chi connectivity index (χ0v) is 6.73. The van der Waals surface area contributed by atoms with Gasteiger partial charge in [0.15, 0.2) is 0 Å². The van der Waals surface area contributed by atoms with Gasteiger partial charge < -0.3 is 4.98 Å². The maximum Gasteiger partial charge on any atom is 0.0409 e. The molecule has 1 N–H and O–H groups in total. The molecular weight excluding hydrogens is 122 g/mol. The first-order valence-electron chi connectivity index (χ1n) is 3.53. The van der Waals surface area contributed by atoms with Crippen molar-refractivity contribution in [2.75, 3.05) is 0 Å². The Bertz CT molecular complexity index is 243. The van der Waals surface area contributed by atoms with E-state index in [0.29, 0.717) is 0 Å². The van der Waals surface area contributed by atoms with Gasteiger partial charge in [0.25, 0.3) is 0 Å². The van der Waals surface area contributed by atoms with E-state index in [-0.39, 0.29) is 0 Å². The molecule has 1 nitrogen and oxygen atoms in total. The second-order valence-electron chi connectivity index (χ2n) is 2.51. The number of nitrogens with one attached hydrogen (secondary N) is 1. The van der Waals surface area contributed by atoms with E-state index in [1.54, 1.807) is 0 Å². The fraction of sp³-hybridized carbons (Fsp3) is 0.333.